The number of carbonyl (C=O) groups is 1. The minimum absolute atomic E-state index is 0.0406. The van der Waals surface area contributed by atoms with Crippen LogP contribution in [0.1, 0.15) is 16.7 Å². The molecular weight excluding hydrogens is 434 g/mol. The number of anilines is 1. The van der Waals surface area contributed by atoms with E-state index in [2.05, 4.69) is 83.4 Å². The number of hydrogen-bond donors (Lipinski definition) is 1. The summed E-state index contributed by atoms with van der Waals surface area (Å²) in [6, 6.07) is 23.1. The van der Waals surface area contributed by atoms with Gasteiger partial charge in [-0.15, -0.1) is 11.8 Å². The molecule has 2 heterocycles. The predicted molar refractivity (Wildman–Crippen MR) is 136 cm³/mol. The second-order valence-electron chi connectivity index (χ2n) is 7.95. The van der Waals surface area contributed by atoms with Gasteiger partial charge >= 0.3 is 0 Å². The number of para-hydroxylation sites is 1. The van der Waals surface area contributed by atoms with Crippen molar-refractivity contribution in [2.75, 3.05) is 11.1 Å². The zero-order chi connectivity index (χ0) is 22.1. The second kappa shape index (κ2) is 8.81. The number of fused-ring (bicyclic) bond motifs is 2. The Balaban J connectivity index is 1.31. The molecule has 0 aliphatic heterocycles. The molecule has 0 unspecified atom stereocenters. The number of nitrogens with zero attached hydrogens (tertiary/aromatic N) is 2. The Morgan fingerprint density at radius 3 is 2.66 bits per heavy atom. The number of carbonyl (C=O) groups excluding carboxylic acids is 1. The van der Waals surface area contributed by atoms with Crippen molar-refractivity contribution in [3.63, 3.8) is 0 Å². The Morgan fingerprint density at radius 2 is 1.81 bits per heavy atom. The van der Waals surface area contributed by atoms with Crippen LogP contribution in [0.5, 0.6) is 0 Å². The summed E-state index contributed by atoms with van der Waals surface area (Å²) in [5.41, 5.74) is 5.81. The van der Waals surface area contributed by atoms with Crippen LogP contribution in [0.2, 0.25) is 0 Å². The SMILES string of the molecule is Cc1ccc(Cn2cc(SCC(=O)Nc3nc4ccc(C)cc4s3)c3ccccc32)cc1. The van der Waals surface area contributed by atoms with Crippen LogP contribution in [0, 0.1) is 13.8 Å². The first-order valence-corrected chi connectivity index (χ1v) is 12.3. The average Bonchev–Trinajstić information content (AvgIpc) is 3.34. The Kier molecular flexibility index (Phi) is 5.72. The van der Waals surface area contributed by atoms with E-state index in [4.69, 9.17) is 0 Å². The molecule has 0 bridgehead atoms. The summed E-state index contributed by atoms with van der Waals surface area (Å²) in [6.45, 7) is 4.96. The number of hydrogen-bond acceptors (Lipinski definition) is 4. The first kappa shape index (κ1) is 20.8. The van der Waals surface area contributed by atoms with Gasteiger partial charge in [0, 0.05) is 28.5 Å². The summed E-state index contributed by atoms with van der Waals surface area (Å²) in [7, 11) is 0. The van der Waals surface area contributed by atoms with Crippen LogP contribution in [0.25, 0.3) is 21.1 Å². The van der Waals surface area contributed by atoms with Crippen LogP contribution in [-0.4, -0.2) is 21.2 Å². The number of benzene rings is 3. The Bertz CT molecular complexity index is 1420. The zero-order valence-electron chi connectivity index (χ0n) is 18.0. The van der Waals surface area contributed by atoms with Crippen LogP contribution in [0.15, 0.2) is 77.8 Å². The Hall–Kier alpha value is -3.09. The minimum atomic E-state index is -0.0406. The van der Waals surface area contributed by atoms with Gasteiger partial charge in [0.1, 0.15) is 0 Å². The van der Waals surface area contributed by atoms with Crippen molar-refractivity contribution in [1.29, 1.82) is 0 Å². The van der Waals surface area contributed by atoms with Gasteiger partial charge in [0.15, 0.2) is 5.13 Å². The van der Waals surface area contributed by atoms with Crippen molar-refractivity contribution >= 4 is 55.3 Å². The number of rotatable bonds is 6. The van der Waals surface area contributed by atoms with Gasteiger partial charge in [-0.05, 0) is 43.2 Å². The van der Waals surface area contributed by atoms with Crippen LogP contribution < -0.4 is 5.32 Å². The van der Waals surface area contributed by atoms with E-state index in [0.29, 0.717) is 10.9 Å². The fraction of sp³-hybridized carbons (Fsp3) is 0.154. The quantitative estimate of drug-likeness (QED) is 0.291. The van der Waals surface area contributed by atoms with Gasteiger partial charge in [-0.1, -0.05) is 65.4 Å². The molecule has 5 rings (SSSR count). The average molecular weight is 458 g/mol. The maximum absolute atomic E-state index is 12.6. The van der Waals surface area contributed by atoms with E-state index in [1.165, 1.54) is 38.9 Å². The maximum Gasteiger partial charge on any atom is 0.236 e. The largest absolute Gasteiger partial charge is 0.342 e. The minimum Gasteiger partial charge on any atom is -0.342 e. The van der Waals surface area contributed by atoms with Crippen LogP contribution in [-0.2, 0) is 11.3 Å². The first-order chi connectivity index (χ1) is 15.5. The van der Waals surface area contributed by atoms with Crippen molar-refractivity contribution < 1.29 is 4.79 Å². The summed E-state index contributed by atoms with van der Waals surface area (Å²) in [4.78, 5) is 18.3. The van der Waals surface area contributed by atoms with E-state index in [9.17, 15) is 4.79 Å². The third-order valence-electron chi connectivity index (χ3n) is 5.37. The van der Waals surface area contributed by atoms with Gasteiger partial charge in [-0.3, -0.25) is 4.79 Å². The highest BCUT2D eigenvalue weighted by Gasteiger charge is 2.13. The molecule has 160 valence electrons. The van der Waals surface area contributed by atoms with E-state index in [1.54, 1.807) is 11.8 Å². The molecule has 5 aromatic rings. The summed E-state index contributed by atoms with van der Waals surface area (Å²) in [5.74, 6) is 0.300. The first-order valence-electron chi connectivity index (χ1n) is 10.5. The van der Waals surface area contributed by atoms with Gasteiger partial charge < -0.3 is 9.88 Å². The summed E-state index contributed by atoms with van der Waals surface area (Å²) < 4.78 is 3.35. The van der Waals surface area contributed by atoms with E-state index in [0.717, 1.165) is 21.7 Å². The molecule has 6 heteroatoms. The summed E-state index contributed by atoms with van der Waals surface area (Å²) in [6.07, 6.45) is 2.16. The third kappa shape index (κ3) is 4.42. The fourth-order valence-corrected chi connectivity index (χ4v) is 5.60. The fourth-order valence-electron chi connectivity index (χ4n) is 3.73. The Labute approximate surface area is 195 Å². The number of thiazole rings is 1. The van der Waals surface area contributed by atoms with Crippen molar-refractivity contribution in [3.05, 3.63) is 89.6 Å². The molecular formula is C26H23N3OS2. The topological polar surface area (TPSA) is 46.9 Å². The van der Waals surface area contributed by atoms with Crippen LogP contribution in [0.3, 0.4) is 0 Å². The number of amides is 1. The molecule has 0 aliphatic rings. The van der Waals surface area contributed by atoms with Gasteiger partial charge in [-0.2, -0.15) is 0 Å². The molecule has 1 amide bonds. The lowest BCUT2D eigenvalue weighted by Crippen LogP contribution is -2.13. The van der Waals surface area contributed by atoms with E-state index >= 15 is 0 Å². The highest BCUT2D eigenvalue weighted by Crippen LogP contribution is 2.31. The lowest BCUT2D eigenvalue weighted by molar-refractivity contribution is -0.113. The normalized spacial score (nSPS) is 11.3. The van der Waals surface area contributed by atoms with Gasteiger partial charge in [0.05, 0.1) is 16.0 Å². The molecule has 0 spiro atoms. The van der Waals surface area contributed by atoms with Crippen LogP contribution >= 0.6 is 23.1 Å². The zero-order valence-corrected chi connectivity index (χ0v) is 19.6. The molecule has 4 nitrogen and oxygen atoms in total. The molecule has 0 saturated carbocycles. The molecule has 3 aromatic carbocycles. The molecule has 32 heavy (non-hydrogen) atoms. The molecule has 0 radical (unpaired) electrons. The number of aromatic nitrogens is 2. The molecule has 0 saturated heterocycles. The standard InChI is InChI=1S/C26H23N3OS2/c1-17-7-10-19(11-8-17)14-29-15-24(20-5-3-4-6-22(20)29)31-16-25(30)28-26-27-21-12-9-18(2)13-23(21)32-26/h3-13,15H,14,16H2,1-2H3,(H,27,28,30). The smallest absolute Gasteiger partial charge is 0.236 e. The molecule has 0 atom stereocenters. The number of nitrogens with one attached hydrogen (secondary N) is 1. The predicted octanol–water partition coefficient (Wildman–Crippen LogP) is 6.65. The van der Waals surface area contributed by atoms with Gasteiger partial charge in [0.25, 0.3) is 0 Å². The van der Waals surface area contributed by atoms with E-state index in [1.807, 2.05) is 18.2 Å². The van der Waals surface area contributed by atoms with Crippen molar-refractivity contribution in [3.8, 4) is 0 Å². The van der Waals surface area contributed by atoms with E-state index in [-0.39, 0.29) is 5.91 Å². The monoisotopic (exact) mass is 457 g/mol. The van der Waals surface area contributed by atoms with Crippen molar-refractivity contribution in [1.82, 2.24) is 9.55 Å². The lowest BCUT2D eigenvalue weighted by atomic mass is 10.1. The highest BCUT2D eigenvalue weighted by molar-refractivity contribution is 8.00. The second-order valence-corrected chi connectivity index (χ2v) is 10.00. The Morgan fingerprint density at radius 1 is 1.03 bits per heavy atom. The van der Waals surface area contributed by atoms with Gasteiger partial charge in [-0.25, -0.2) is 4.98 Å². The molecule has 0 fully saturated rings. The molecule has 0 aliphatic carbocycles. The maximum atomic E-state index is 12.6. The number of thioether (sulfide) groups is 1. The third-order valence-corrected chi connectivity index (χ3v) is 7.35. The van der Waals surface area contributed by atoms with Crippen molar-refractivity contribution in [2.45, 2.75) is 25.3 Å². The van der Waals surface area contributed by atoms with Crippen LogP contribution in [0.4, 0.5) is 5.13 Å². The van der Waals surface area contributed by atoms with E-state index < -0.39 is 0 Å². The van der Waals surface area contributed by atoms with Gasteiger partial charge in [0.2, 0.25) is 5.91 Å². The lowest BCUT2D eigenvalue weighted by Gasteiger charge is -2.06. The van der Waals surface area contributed by atoms with Crippen molar-refractivity contribution in [2.24, 2.45) is 0 Å². The molecule has 1 N–H and O–H groups in total. The molecule has 2 aromatic heterocycles. The highest BCUT2D eigenvalue weighted by atomic mass is 32.2. The summed E-state index contributed by atoms with van der Waals surface area (Å²) in [5, 5.41) is 4.79. The summed E-state index contributed by atoms with van der Waals surface area (Å²) >= 11 is 3.08. The number of aryl methyl sites for hydroxylation is 2.